The zero-order valence-corrected chi connectivity index (χ0v) is 9.08. The van der Waals surface area contributed by atoms with Gasteiger partial charge in [-0.2, -0.15) is 0 Å². The van der Waals surface area contributed by atoms with Crippen molar-refractivity contribution in [3.63, 3.8) is 0 Å². The van der Waals surface area contributed by atoms with E-state index in [0.717, 1.165) is 0 Å². The molecule has 0 aliphatic rings. The highest BCUT2D eigenvalue weighted by Gasteiger charge is 2.26. The molecular formula is C11H15FO3. The van der Waals surface area contributed by atoms with Crippen molar-refractivity contribution >= 4 is 0 Å². The van der Waals surface area contributed by atoms with Crippen LogP contribution in [-0.4, -0.2) is 25.9 Å². The van der Waals surface area contributed by atoms with E-state index in [1.165, 1.54) is 33.3 Å². The molecule has 0 heterocycles. The smallest absolute Gasteiger partial charge is 0.133 e. The highest BCUT2D eigenvalue weighted by Crippen LogP contribution is 2.26. The number of methoxy groups -OCH3 is 2. The summed E-state index contributed by atoms with van der Waals surface area (Å²) in [6.45, 7) is 1.54. The van der Waals surface area contributed by atoms with Crippen molar-refractivity contribution in [1.82, 2.24) is 0 Å². The van der Waals surface area contributed by atoms with Crippen molar-refractivity contribution in [2.24, 2.45) is 0 Å². The number of hydrogen-bond donors (Lipinski definition) is 1. The molecule has 0 aromatic heterocycles. The molecule has 1 atom stereocenters. The minimum atomic E-state index is -1.33. The van der Waals surface area contributed by atoms with Gasteiger partial charge in [-0.25, -0.2) is 4.39 Å². The zero-order valence-electron chi connectivity index (χ0n) is 9.08. The van der Waals surface area contributed by atoms with E-state index < -0.39 is 11.4 Å². The standard InChI is InChI=1S/C11H15FO3/c1-11(13,7-14-2)9-5-4-8(15-3)6-10(9)12/h4-6,13H,7H2,1-3H3. The summed E-state index contributed by atoms with van der Waals surface area (Å²) in [5.41, 5.74) is -1.13. The monoisotopic (exact) mass is 214 g/mol. The Morgan fingerprint density at radius 3 is 2.53 bits per heavy atom. The molecule has 0 spiro atoms. The number of aliphatic hydroxyl groups is 1. The maximum atomic E-state index is 13.6. The minimum absolute atomic E-state index is 0.0379. The number of hydrogen-bond acceptors (Lipinski definition) is 3. The summed E-state index contributed by atoms with van der Waals surface area (Å²) in [5.74, 6) is -0.0825. The zero-order chi connectivity index (χ0) is 11.5. The van der Waals surface area contributed by atoms with E-state index in [4.69, 9.17) is 9.47 Å². The van der Waals surface area contributed by atoms with E-state index in [1.54, 1.807) is 6.07 Å². The Bertz CT molecular complexity index is 337. The predicted octanol–water partition coefficient (Wildman–Crippen LogP) is 1.69. The Morgan fingerprint density at radius 2 is 2.07 bits per heavy atom. The summed E-state index contributed by atoms with van der Waals surface area (Å²) in [6.07, 6.45) is 0. The normalized spacial score (nSPS) is 14.7. The lowest BCUT2D eigenvalue weighted by Gasteiger charge is -2.23. The van der Waals surface area contributed by atoms with Crippen LogP contribution in [0.3, 0.4) is 0 Å². The molecule has 1 unspecified atom stereocenters. The van der Waals surface area contributed by atoms with E-state index in [0.29, 0.717) is 5.75 Å². The molecule has 4 heteroatoms. The van der Waals surface area contributed by atoms with Crippen molar-refractivity contribution in [3.8, 4) is 5.75 Å². The number of halogens is 1. The van der Waals surface area contributed by atoms with Crippen LogP contribution in [0.15, 0.2) is 18.2 Å². The first-order chi connectivity index (χ1) is 7.01. The third-order valence-corrected chi connectivity index (χ3v) is 2.18. The van der Waals surface area contributed by atoms with Gasteiger partial charge in [0.25, 0.3) is 0 Å². The molecule has 0 bridgehead atoms. The van der Waals surface area contributed by atoms with Gasteiger partial charge in [-0.1, -0.05) is 0 Å². The molecule has 1 rings (SSSR count). The lowest BCUT2D eigenvalue weighted by Crippen LogP contribution is -2.28. The fraction of sp³-hybridized carbons (Fsp3) is 0.455. The van der Waals surface area contributed by atoms with Crippen LogP contribution in [0.2, 0.25) is 0 Å². The molecule has 15 heavy (non-hydrogen) atoms. The van der Waals surface area contributed by atoms with E-state index in [2.05, 4.69) is 0 Å². The Labute approximate surface area is 88.4 Å². The van der Waals surface area contributed by atoms with Gasteiger partial charge in [0, 0.05) is 18.7 Å². The molecule has 1 N–H and O–H groups in total. The molecule has 0 amide bonds. The van der Waals surface area contributed by atoms with Crippen LogP contribution in [0.5, 0.6) is 5.75 Å². The maximum absolute atomic E-state index is 13.6. The lowest BCUT2D eigenvalue weighted by atomic mass is 9.96. The third-order valence-electron chi connectivity index (χ3n) is 2.18. The van der Waals surface area contributed by atoms with Gasteiger partial charge in [0.1, 0.15) is 17.2 Å². The summed E-state index contributed by atoms with van der Waals surface area (Å²) in [4.78, 5) is 0. The third kappa shape index (κ3) is 2.67. The average Bonchev–Trinajstić information content (AvgIpc) is 2.17. The fourth-order valence-corrected chi connectivity index (χ4v) is 1.42. The Kier molecular flexibility index (Phi) is 3.66. The van der Waals surface area contributed by atoms with Gasteiger partial charge >= 0.3 is 0 Å². The van der Waals surface area contributed by atoms with Gasteiger partial charge in [-0.15, -0.1) is 0 Å². The Morgan fingerprint density at radius 1 is 1.40 bits per heavy atom. The molecule has 3 nitrogen and oxygen atoms in total. The van der Waals surface area contributed by atoms with Crippen LogP contribution >= 0.6 is 0 Å². The van der Waals surface area contributed by atoms with Crippen LogP contribution in [-0.2, 0) is 10.3 Å². The van der Waals surface area contributed by atoms with Gasteiger partial charge < -0.3 is 14.6 Å². The first-order valence-corrected chi connectivity index (χ1v) is 4.56. The molecule has 0 radical (unpaired) electrons. The summed E-state index contributed by atoms with van der Waals surface area (Å²) < 4.78 is 23.3. The molecule has 0 fully saturated rings. The molecular weight excluding hydrogens is 199 g/mol. The lowest BCUT2D eigenvalue weighted by molar-refractivity contribution is -0.0232. The summed E-state index contributed by atoms with van der Waals surface area (Å²) in [7, 11) is 2.91. The second kappa shape index (κ2) is 4.59. The van der Waals surface area contributed by atoms with Crippen LogP contribution in [0.25, 0.3) is 0 Å². The van der Waals surface area contributed by atoms with Crippen LogP contribution in [0.1, 0.15) is 12.5 Å². The second-order valence-corrected chi connectivity index (χ2v) is 3.55. The molecule has 0 aliphatic heterocycles. The van der Waals surface area contributed by atoms with Gasteiger partial charge in [-0.05, 0) is 19.1 Å². The van der Waals surface area contributed by atoms with Gasteiger partial charge in [0.05, 0.1) is 13.7 Å². The number of benzene rings is 1. The average molecular weight is 214 g/mol. The van der Waals surface area contributed by atoms with E-state index in [1.807, 2.05) is 0 Å². The maximum Gasteiger partial charge on any atom is 0.133 e. The molecule has 0 saturated heterocycles. The van der Waals surface area contributed by atoms with Crippen molar-refractivity contribution < 1.29 is 19.0 Å². The minimum Gasteiger partial charge on any atom is -0.497 e. The predicted molar refractivity (Wildman–Crippen MR) is 54.4 cm³/mol. The molecule has 1 aromatic carbocycles. The highest BCUT2D eigenvalue weighted by molar-refractivity contribution is 5.32. The Hall–Kier alpha value is -1.13. The van der Waals surface area contributed by atoms with Crippen molar-refractivity contribution in [3.05, 3.63) is 29.6 Å². The first kappa shape index (κ1) is 11.9. The summed E-state index contributed by atoms with van der Waals surface area (Å²) >= 11 is 0. The highest BCUT2D eigenvalue weighted by atomic mass is 19.1. The number of ether oxygens (including phenoxy) is 2. The topological polar surface area (TPSA) is 38.7 Å². The largest absolute Gasteiger partial charge is 0.497 e. The van der Waals surface area contributed by atoms with E-state index >= 15 is 0 Å². The van der Waals surface area contributed by atoms with Crippen LogP contribution in [0, 0.1) is 5.82 Å². The fourth-order valence-electron chi connectivity index (χ4n) is 1.42. The summed E-state index contributed by atoms with van der Waals surface area (Å²) in [6, 6.07) is 4.33. The number of rotatable bonds is 4. The summed E-state index contributed by atoms with van der Waals surface area (Å²) in [5, 5.41) is 9.92. The molecule has 84 valence electrons. The first-order valence-electron chi connectivity index (χ1n) is 4.56. The Balaban J connectivity index is 3.04. The molecule has 1 aromatic rings. The van der Waals surface area contributed by atoms with Crippen LogP contribution in [0.4, 0.5) is 4.39 Å². The van der Waals surface area contributed by atoms with Crippen LogP contribution < -0.4 is 4.74 Å². The quantitative estimate of drug-likeness (QED) is 0.828. The second-order valence-electron chi connectivity index (χ2n) is 3.55. The van der Waals surface area contributed by atoms with Gasteiger partial charge in [0.2, 0.25) is 0 Å². The van der Waals surface area contributed by atoms with Gasteiger partial charge in [-0.3, -0.25) is 0 Å². The SMILES string of the molecule is COCC(C)(O)c1ccc(OC)cc1F. The van der Waals surface area contributed by atoms with Crippen molar-refractivity contribution in [2.75, 3.05) is 20.8 Å². The van der Waals surface area contributed by atoms with E-state index in [9.17, 15) is 9.50 Å². The van der Waals surface area contributed by atoms with Crippen molar-refractivity contribution in [2.45, 2.75) is 12.5 Å². The molecule has 0 saturated carbocycles. The van der Waals surface area contributed by atoms with Crippen molar-refractivity contribution in [1.29, 1.82) is 0 Å². The van der Waals surface area contributed by atoms with E-state index in [-0.39, 0.29) is 12.2 Å². The molecule has 0 aliphatic carbocycles. The van der Waals surface area contributed by atoms with Gasteiger partial charge in [0.15, 0.2) is 0 Å².